The van der Waals surface area contributed by atoms with Crippen LogP contribution in [0.25, 0.3) is 0 Å². The molecule has 0 aliphatic carbocycles. The number of carbonyl (C=O) groups excluding carboxylic acids is 2. The van der Waals surface area contributed by atoms with E-state index in [0.717, 1.165) is 18.4 Å². The molecule has 0 heterocycles. The third-order valence-electron chi connectivity index (χ3n) is 4.01. The van der Waals surface area contributed by atoms with Crippen molar-refractivity contribution in [3.63, 3.8) is 0 Å². The third-order valence-corrected chi connectivity index (χ3v) is 4.27. The summed E-state index contributed by atoms with van der Waals surface area (Å²) in [6, 6.07) is 7.92. The summed E-state index contributed by atoms with van der Waals surface area (Å²) in [6.07, 6.45) is 3.22. The number of aryl methyl sites for hydroxylation is 1. The number of benzene rings is 1. The number of carboxylic acids is 1. The molecule has 0 unspecified atom stereocenters. The number of carboxylic acid groups (broad SMARTS) is 1. The van der Waals surface area contributed by atoms with Crippen LogP contribution in [-0.4, -0.2) is 40.7 Å². The van der Waals surface area contributed by atoms with Crippen LogP contribution in [0.1, 0.15) is 44.6 Å². The van der Waals surface area contributed by atoms with E-state index in [1.54, 1.807) is 0 Å². The minimum atomic E-state index is -1.10. The molecular weight excluding hydrogens is 352 g/mol. The monoisotopic (exact) mass is 380 g/mol. The van der Waals surface area contributed by atoms with Gasteiger partial charge < -0.3 is 15.7 Å². The number of hydrogen-bond donors (Lipinski definition) is 4. The third kappa shape index (κ3) is 8.38. The van der Waals surface area contributed by atoms with Crippen LogP contribution in [-0.2, 0) is 20.8 Å². The summed E-state index contributed by atoms with van der Waals surface area (Å²) in [5, 5.41) is 14.4. The predicted molar refractivity (Wildman–Crippen MR) is 104 cm³/mol. The molecule has 7 heteroatoms. The van der Waals surface area contributed by atoms with E-state index in [-0.39, 0.29) is 18.7 Å². The summed E-state index contributed by atoms with van der Waals surface area (Å²) in [5.41, 5.74) is 1.05. The van der Waals surface area contributed by atoms with Crippen molar-refractivity contribution in [2.24, 2.45) is 0 Å². The van der Waals surface area contributed by atoms with Gasteiger partial charge in [0, 0.05) is 6.42 Å². The molecule has 0 aliphatic heterocycles. The van der Waals surface area contributed by atoms with Crippen molar-refractivity contribution in [3.05, 3.63) is 35.9 Å². The molecule has 0 aliphatic rings. The van der Waals surface area contributed by atoms with Crippen LogP contribution >= 0.6 is 12.6 Å². The van der Waals surface area contributed by atoms with Gasteiger partial charge in [0.1, 0.15) is 12.1 Å². The zero-order chi connectivity index (χ0) is 19.4. The average molecular weight is 381 g/mol. The zero-order valence-corrected chi connectivity index (χ0v) is 16.0. The molecule has 0 saturated carbocycles. The highest BCUT2D eigenvalue weighted by Crippen LogP contribution is 2.06. The largest absolute Gasteiger partial charge is 0.480 e. The summed E-state index contributed by atoms with van der Waals surface area (Å²) in [7, 11) is 0. The van der Waals surface area contributed by atoms with E-state index in [1.165, 1.54) is 0 Å². The lowest BCUT2D eigenvalue weighted by molar-refractivity contribution is -0.142. The topological polar surface area (TPSA) is 95.5 Å². The molecule has 26 heavy (non-hydrogen) atoms. The number of amides is 2. The summed E-state index contributed by atoms with van der Waals surface area (Å²) >= 11 is 4.02. The first-order valence-electron chi connectivity index (χ1n) is 8.95. The van der Waals surface area contributed by atoms with Crippen LogP contribution in [0.4, 0.5) is 0 Å². The van der Waals surface area contributed by atoms with Crippen molar-refractivity contribution in [2.45, 2.75) is 57.5 Å². The predicted octanol–water partition coefficient (Wildman–Crippen LogP) is 2.18. The average Bonchev–Trinajstić information content (AvgIpc) is 2.63. The highest BCUT2D eigenvalue weighted by Gasteiger charge is 2.25. The van der Waals surface area contributed by atoms with Crippen LogP contribution in [0, 0.1) is 0 Å². The fraction of sp³-hybridized carbons (Fsp3) is 0.526. The fourth-order valence-corrected chi connectivity index (χ4v) is 2.76. The number of nitrogens with one attached hydrogen (secondary N) is 2. The Morgan fingerprint density at radius 2 is 1.77 bits per heavy atom. The van der Waals surface area contributed by atoms with Crippen molar-refractivity contribution in [3.8, 4) is 0 Å². The Balaban J connectivity index is 2.61. The van der Waals surface area contributed by atoms with Crippen LogP contribution < -0.4 is 10.6 Å². The molecule has 0 radical (unpaired) electrons. The number of unbranched alkanes of at least 4 members (excludes halogenated alkanes) is 1. The van der Waals surface area contributed by atoms with Gasteiger partial charge in [-0.25, -0.2) is 4.79 Å². The smallest absolute Gasteiger partial charge is 0.326 e. The molecule has 3 N–H and O–H groups in total. The zero-order valence-electron chi connectivity index (χ0n) is 15.1. The highest BCUT2D eigenvalue weighted by molar-refractivity contribution is 7.80. The summed E-state index contributed by atoms with van der Waals surface area (Å²) in [4.78, 5) is 35.9. The molecule has 0 saturated heterocycles. The molecule has 1 aromatic rings. The standard InChI is InChI=1S/C19H28N2O4S/c1-2-3-9-15(18(23)21-16(12-13-26)19(24)25)20-17(22)11-10-14-7-5-4-6-8-14/h4-8,15-16,26H,2-3,9-13H2,1H3,(H,20,22)(H,21,23)(H,24,25)/t15-,16+/m0/s1. The lowest BCUT2D eigenvalue weighted by Gasteiger charge is -2.21. The van der Waals surface area contributed by atoms with Gasteiger partial charge in [-0.15, -0.1) is 0 Å². The maximum atomic E-state index is 12.4. The number of hydrogen-bond acceptors (Lipinski definition) is 4. The molecule has 0 aromatic heterocycles. The Morgan fingerprint density at radius 1 is 1.08 bits per heavy atom. The number of aliphatic carboxylic acids is 1. The second kappa shape index (κ2) is 12.4. The Hall–Kier alpha value is -2.02. The first kappa shape index (κ1) is 22.0. The molecule has 2 amide bonds. The number of rotatable bonds is 12. The van der Waals surface area contributed by atoms with E-state index in [4.69, 9.17) is 5.11 Å². The Kier molecular flexibility index (Phi) is 10.5. The first-order chi connectivity index (χ1) is 12.5. The first-order valence-corrected chi connectivity index (χ1v) is 9.58. The van der Waals surface area contributed by atoms with E-state index < -0.39 is 24.0 Å². The molecule has 6 nitrogen and oxygen atoms in total. The van der Waals surface area contributed by atoms with Crippen LogP contribution in [0.15, 0.2) is 30.3 Å². The van der Waals surface area contributed by atoms with E-state index in [1.807, 2.05) is 37.3 Å². The van der Waals surface area contributed by atoms with Gasteiger partial charge in [0.05, 0.1) is 0 Å². The lowest BCUT2D eigenvalue weighted by atomic mass is 10.1. The Bertz CT molecular complexity index is 580. The van der Waals surface area contributed by atoms with Crippen molar-refractivity contribution in [2.75, 3.05) is 5.75 Å². The Morgan fingerprint density at radius 3 is 2.35 bits per heavy atom. The summed E-state index contributed by atoms with van der Waals surface area (Å²) in [6.45, 7) is 1.99. The molecule has 1 rings (SSSR count). The minimum absolute atomic E-state index is 0.217. The van der Waals surface area contributed by atoms with Gasteiger partial charge in [0.2, 0.25) is 11.8 Å². The number of thiol groups is 1. The molecule has 2 atom stereocenters. The second-order valence-electron chi connectivity index (χ2n) is 6.16. The van der Waals surface area contributed by atoms with Crippen molar-refractivity contribution in [1.29, 1.82) is 0 Å². The maximum Gasteiger partial charge on any atom is 0.326 e. The second-order valence-corrected chi connectivity index (χ2v) is 6.61. The van der Waals surface area contributed by atoms with Gasteiger partial charge in [-0.1, -0.05) is 50.1 Å². The maximum absolute atomic E-state index is 12.4. The molecule has 1 aromatic carbocycles. The van der Waals surface area contributed by atoms with Crippen LogP contribution in [0.2, 0.25) is 0 Å². The van der Waals surface area contributed by atoms with Crippen molar-refractivity contribution in [1.82, 2.24) is 10.6 Å². The van der Waals surface area contributed by atoms with Gasteiger partial charge in [-0.2, -0.15) is 12.6 Å². The van der Waals surface area contributed by atoms with Gasteiger partial charge in [0.15, 0.2) is 0 Å². The lowest BCUT2D eigenvalue weighted by Crippen LogP contribution is -2.51. The van der Waals surface area contributed by atoms with E-state index in [0.29, 0.717) is 18.6 Å². The SMILES string of the molecule is CCCC[C@H](NC(=O)CCc1ccccc1)C(=O)N[C@H](CCS)C(=O)O. The van der Waals surface area contributed by atoms with Gasteiger partial charge in [0.25, 0.3) is 0 Å². The molecular formula is C19H28N2O4S. The molecule has 144 valence electrons. The van der Waals surface area contributed by atoms with Gasteiger partial charge in [-0.05, 0) is 30.6 Å². The van der Waals surface area contributed by atoms with Gasteiger partial charge in [-0.3, -0.25) is 9.59 Å². The fourth-order valence-electron chi connectivity index (χ4n) is 2.50. The van der Waals surface area contributed by atoms with E-state index in [9.17, 15) is 14.4 Å². The van der Waals surface area contributed by atoms with E-state index in [2.05, 4.69) is 23.3 Å². The molecule has 0 spiro atoms. The van der Waals surface area contributed by atoms with Crippen molar-refractivity contribution < 1.29 is 19.5 Å². The minimum Gasteiger partial charge on any atom is -0.480 e. The normalized spacial score (nSPS) is 12.8. The number of carbonyl (C=O) groups is 3. The highest BCUT2D eigenvalue weighted by atomic mass is 32.1. The van der Waals surface area contributed by atoms with E-state index >= 15 is 0 Å². The molecule has 0 fully saturated rings. The quantitative estimate of drug-likeness (QED) is 0.418. The van der Waals surface area contributed by atoms with Crippen molar-refractivity contribution >= 4 is 30.4 Å². The summed E-state index contributed by atoms with van der Waals surface area (Å²) in [5.74, 6) is -1.43. The van der Waals surface area contributed by atoms with Crippen LogP contribution in [0.3, 0.4) is 0 Å². The summed E-state index contributed by atoms with van der Waals surface area (Å²) < 4.78 is 0. The molecule has 0 bridgehead atoms. The Labute approximate surface area is 160 Å². The van der Waals surface area contributed by atoms with Gasteiger partial charge >= 0.3 is 5.97 Å². The van der Waals surface area contributed by atoms with Crippen LogP contribution in [0.5, 0.6) is 0 Å².